The first-order valence-electron chi connectivity index (χ1n) is 10.9. The average Bonchev–Trinajstić information content (AvgIpc) is 3.61. The molecule has 0 unspecified atom stereocenters. The van der Waals surface area contributed by atoms with Crippen LogP contribution in [0.15, 0.2) is 49.1 Å². The summed E-state index contributed by atoms with van der Waals surface area (Å²) in [5, 5.41) is 17.9. The van der Waals surface area contributed by atoms with Gasteiger partial charge in [-0.1, -0.05) is 6.07 Å². The van der Waals surface area contributed by atoms with Gasteiger partial charge in [0.05, 0.1) is 32.3 Å². The van der Waals surface area contributed by atoms with Gasteiger partial charge in [0, 0.05) is 38.6 Å². The van der Waals surface area contributed by atoms with Crippen molar-refractivity contribution in [3.05, 3.63) is 66.0 Å². The minimum absolute atomic E-state index is 0.0128. The molecule has 0 fully saturated rings. The van der Waals surface area contributed by atoms with Crippen molar-refractivity contribution in [2.75, 3.05) is 19.5 Å². The van der Waals surface area contributed by atoms with Gasteiger partial charge < -0.3 is 24.8 Å². The zero-order chi connectivity index (χ0) is 25.7. The van der Waals surface area contributed by atoms with Gasteiger partial charge in [-0.25, -0.2) is 4.68 Å². The van der Waals surface area contributed by atoms with Crippen LogP contribution in [0.5, 0.6) is 17.2 Å². The summed E-state index contributed by atoms with van der Waals surface area (Å²) in [6.07, 6.45) is 6.47. The molecule has 0 aliphatic rings. The Kier molecular flexibility index (Phi) is 7.18. The van der Waals surface area contributed by atoms with Crippen LogP contribution in [0, 0.1) is 0 Å². The number of hydrogen-bond acceptors (Lipinski definition) is 8. The molecule has 4 aromatic rings. The van der Waals surface area contributed by atoms with Crippen molar-refractivity contribution < 1.29 is 23.8 Å². The van der Waals surface area contributed by atoms with Gasteiger partial charge in [-0.15, -0.1) is 0 Å². The van der Waals surface area contributed by atoms with Gasteiger partial charge in [-0.2, -0.15) is 15.3 Å². The number of nitrogens with zero attached hydrogens (tertiary/aromatic N) is 6. The Morgan fingerprint density at radius 3 is 2.42 bits per heavy atom. The lowest BCUT2D eigenvalue weighted by Crippen LogP contribution is -2.26. The molecule has 1 aromatic carbocycles. The van der Waals surface area contributed by atoms with E-state index in [9.17, 15) is 9.59 Å². The van der Waals surface area contributed by atoms with Crippen molar-refractivity contribution in [1.82, 2.24) is 34.7 Å². The molecule has 0 saturated heterocycles. The van der Waals surface area contributed by atoms with E-state index in [2.05, 4.69) is 25.9 Å². The van der Waals surface area contributed by atoms with Crippen LogP contribution in [-0.2, 0) is 27.4 Å². The number of aryl methyl sites for hydroxylation is 2. The highest BCUT2D eigenvalue weighted by molar-refractivity contribution is 6.07. The van der Waals surface area contributed by atoms with E-state index in [1.54, 1.807) is 55.6 Å². The summed E-state index contributed by atoms with van der Waals surface area (Å²) in [7, 11) is 6.48. The quantitative estimate of drug-likeness (QED) is 0.339. The number of amides is 2. The third-order valence-electron chi connectivity index (χ3n) is 5.21. The number of hydrogen-bond donors (Lipinski definition) is 2. The lowest BCUT2D eigenvalue weighted by Gasteiger charge is -2.13. The van der Waals surface area contributed by atoms with Crippen LogP contribution in [0.1, 0.15) is 26.5 Å². The van der Waals surface area contributed by atoms with Gasteiger partial charge in [0.2, 0.25) is 5.75 Å². The second-order valence-electron chi connectivity index (χ2n) is 7.70. The van der Waals surface area contributed by atoms with Crippen LogP contribution in [0.4, 0.5) is 5.69 Å². The Hall–Kier alpha value is -4.81. The molecule has 0 spiro atoms. The zero-order valence-electron chi connectivity index (χ0n) is 20.3. The van der Waals surface area contributed by atoms with Crippen molar-refractivity contribution in [1.29, 1.82) is 0 Å². The van der Waals surface area contributed by atoms with Crippen LogP contribution in [0.2, 0.25) is 0 Å². The smallest absolute Gasteiger partial charge is 0.276 e. The Balaban J connectivity index is 1.40. The molecule has 0 aliphatic heterocycles. The minimum atomic E-state index is -0.502. The minimum Gasteiger partial charge on any atom is -0.493 e. The van der Waals surface area contributed by atoms with Gasteiger partial charge in [-0.3, -0.25) is 19.0 Å². The number of carbonyl (C=O) groups is 2. The number of anilines is 1. The molecule has 2 amide bonds. The summed E-state index contributed by atoms with van der Waals surface area (Å²) in [5.41, 5.74) is 1.45. The van der Waals surface area contributed by atoms with Gasteiger partial charge >= 0.3 is 0 Å². The molecule has 3 heterocycles. The topological polar surface area (TPSA) is 139 Å². The summed E-state index contributed by atoms with van der Waals surface area (Å²) in [6.45, 7) is 0.297. The number of carbonyl (C=O) groups excluding carboxylic acids is 2. The number of aromatic nitrogens is 6. The van der Waals surface area contributed by atoms with E-state index in [1.807, 2.05) is 0 Å². The molecular formula is C23H26N8O5. The lowest BCUT2D eigenvalue weighted by molar-refractivity contribution is 0.0942. The number of methoxy groups -OCH3 is 2. The second-order valence-corrected chi connectivity index (χ2v) is 7.70. The summed E-state index contributed by atoms with van der Waals surface area (Å²) >= 11 is 0. The number of nitrogens with one attached hydrogen (secondary N) is 2. The summed E-state index contributed by atoms with van der Waals surface area (Å²) < 4.78 is 20.9. The first-order valence-corrected chi connectivity index (χ1v) is 10.9. The third kappa shape index (κ3) is 5.29. The Morgan fingerprint density at radius 1 is 1.00 bits per heavy atom. The zero-order valence-corrected chi connectivity index (χ0v) is 20.3. The van der Waals surface area contributed by atoms with E-state index in [1.165, 1.54) is 35.8 Å². The molecule has 3 aromatic heterocycles. The van der Waals surface area contributed by atoms with Crippen LogP contribution in [-0.4, -0.2) is 55.4 Å². The highest BCUT2D eigenvalue weighted by Crippen LogP contribution is 2.36. The van der Waals surface area contributed by atoms with E-state index in [4.69, 9.17) is 14.2 Å². The predicted octanol–water partition coefficient (Wildman–Crippen LogP) is 1.59. The van der Waals surface area contributed by atoms with E-state index >= 15 is 0 Å². The van der Waals surface area contributed by atoms with E-state index in [0.717, 1.165) is 5.56 Å². The first kappa shape index (κ1) is 24.3. The number of benzene rings is 1. The Labute approximate surface area is 206 Å². The van der Waals surface area contributed by atoms with Crippen LogP contribution < -0.4 is 24.8 Å². The SMILES string of the molecule is COc1cccc(OC)c1OCn1ccc(C(=O)Nc2cnn(C)c2C(=O)NCc2cnn(C)c2)n1. The Morgan fingerprint density at radius 2 is 1.75 bits per heavy atom. The molecule has 0 aliphatic carbocycles. The van der Waals surface area contributed by atoms with Crippen molar-refractivity contribution in [3.63, 3.8) is 0 Å². The van der Waals surface area contributed by atoms with Crippen molar-refractivity contribution in [3.8, 4) is 17.2 Å². The van der Waals surface area contributed by atoms with E-state index < -0.39 is 5.91 Å². The number of para-hydroxylation sites is 1. The summed E-state index contributed by atoms with van der Waals surface area (Å²) in [5.74, 6) is 0.536. The largest absolute Gasteiger partial charge is 0.493 e. The molecule has 36 heavy (non-hydrogen) atoms. The van der Waals surface area contributed by atoms with Gasteiger partial charge in [0.15, 0.2) is 23.9 Å². The maximum atomic E-state index is 12.8. The van der Waals surface area contributed by atoms with Crippen LogP contribution >= 0.6 is 0 Å². The molecule has 13 heteroatoms. The highest BCUT2D eigenvalue weighted by Gasteiger charge is 2.20. The van der Waals surface area contributed by atoms with Crippen LogP contribution in [0.3, 0.4) is 0 Å². The van der Waals surface area contributed by atoms with Crippen molar-refractivity contribution >= 4 is 17.5 Å². The maximum Gasteiger partial charge on any atom is 0.276 e. The first-order chi connectivity index (χ1) is 17.4. The molecular weight excluding hydrogens is 468 g/mol. The summed E-state index contributed by atoms with van der Waals surface area (Å²) in [4.78, 5) is 25.6. The van der Waals surface area contributed by atoms with Crippen molar-refractivity contribution in [2.45, 2.75) is 13.3 Å². The predicted molar refractivity (Wildman–Crippen MR) is 128 cm³/mol. The summed E-state index contributed by atoms with van der Waals surface area (Å²) in [6, 6.07) is 6.82. The molecule has 0 atom stereocenters. The highest BCUT2D eigenvalue weighted by atomic mass is 16.5. The standard InChI is InChI=1S/C23H26N8O5/c1-29-13-15(11-25-29)10-24-23(33)20-17(12-26-30(20)2)27-22(32)16-8-9-31(28-16)14-36-21-18(34-3)6-5-7-19(21)35-4/h5-9,11-13H,10,14H2,1-4H3,(H,24,33)(H,27,32). The molecule has 188 valence electrons. The van der Waals surface area contributed by atoms with Crippen LogP contribution in [0.25, 0.3) is 0 Å². The number of ether oxygens (including phenoxy) is 3. The fraction of sp³-hybridized carbons (Fsp3) is 0.261. The second kappa shape index (κ2) is 10.6. The normalized spacial score (nSPS) is 10.7. The molecule has 13 nitrogen and oxygen atoms in total. The molecule has 0 bridgehead atoms. The third-order valence-corrected chi connectivity index (χ3v) is 5.21. The van der Waals surface area contributed by atoms with Gasteiger partial charge in [0.1, 0.15) is 5.69 Å². The fourth-order valence-corrected chi connectivity index (χ4v) is 3.46. The van der Waals surface area contributed by atoms with Gasteiger partial charge in [-0.05, 0) is 18.2 Å². The van der Waals surface area contributed by atoms with E-state index in [-0.39, 0.29) is 36.3 Å². The van der Waals surface area contributed by atoms with Gasteiger partial charge in [0.25, 0.3) is 11.8 Å². The fourth-order valence-electron chi connectivity index (χ4n) is 3.46. The lowest BCUT2D eigenvalue weighted by atomic mass is 10.3. The van der Waals surface area contributed by atoms with E-state index in [0.29, 0.717) is 17.2 Å². The molecule has 4 rings (SSSR count). The number of rotatable bonds is 10. The maximum absolute atomic E-state index is 12.8. The Bertz CT molecular complexity index is 1350. The molecule has 2 N–H and O–H groups in total. The molecule has 0 radical (unpaired) electrons. The molecule has 0 saturated carbocycles. The van der Waals surface area contributed by atoms with Crippen molar-refractivity contribution in [2.24, 2.45) is 14.1 Å². The average molecular weight is 495 g/mol. The monoisotopic (exact) mass is 494 g/mol.